The first-order valence-electron chi connectivity index (χ1n) is 9.60. The molecule has 172 valence electrons. The Kier molecular flexibility index (Phi) is 5.90. The lowest BCUT2D eigenvalue weighted by molar-refractivity contribution is -0.384. The molecule has 2 aliphatic heterocycles. The van der Waals surface area contributed by atoms with E-state index in [4.69, 9.17) is 0 Å². The van der Waals surface area contributed by atoms with Crippen LogP contribution in [0.4, 0.5) is 10.7 Å². The molecule has 2 aliphatic rings. The average Bonchev–Trinajstić information content (AvgIpc) is 3.31. The highest BCUT2D eigenvalue weighted by Gasteiger charge is 2.61. The number of carbonyl (C=O) groups is 2. The lowest BCUT2D eigenvalue weighted by atomic mass is 9.76. The maximum absolute atomic E-state index is 12.7. The molecule has 1 fully saturated rings. The number of carboxylic acids is 1. The SMILES string of the molecule is C[C@H](O)[C@@H]1C(=O)N2C(C(=O)O)=C(Sc3ncc([N+](=O)[O-])s3)C(Cc3ccc([N+](=O)[O-])cc3)[C@@H]12. The van der Waals surface area contributed by atoms with Crippen molar-refractivity contribution in [2.45, 2.75) is 29.8 Å². The third-order valence-electron chi connectivity index (χ3n) is 5.59. The zero-order valence-electron chi connectivity index (χ0n) is 16.9. The van der Waals surface area contributed by atoms with Crippen LogP contribution in [-0.4, -0.2) is 54.0 Å². The van der Waals surface area contributed by atoms with Gasteiger partial charge in [-0.3, -0.25) is 25.0 Å². The van der Waals surface area contributed by atoms with E-state index in [1.165, 1.54) is 19.1 Å². The van der Waals surface area contributed by atoms with E-state index in [2.05, 4.69) is 4.98 Å². The third-order valence-corrected chi connectivity index (χ3v) is 7.83. The van der Waals surface area contributed by atoms with E-state index < -0.39 is 45.7 Å². The molecule has 4 rings (SSSR count). The molecule has 33 heavy (non-hydrogen) atoms. The van der Waals surface area contributed by atoms with Crippen LogP contribution in [0.3, 0.4) is 0 Å². The summed E-state index contributed by atoms with van der Waals surface area (Å²) in [6.45, 7) is 1.46. The highest BCUT2D eigenvalue weighted by Crippen LogP contribution is 2.53. The minimum absolute atomic E-state index is 0.0982. The molecule has 12 nitrogen and oxygen atoms in total. The first-order valence-corrected chi connectivity index (χ1v) is 11.2. The van der Waals surface area contributed by atoms with Gasteiger partial charge in [-0.25, -0.2) is 9.78 Å². The molecular formula is C19H16N4O8S2. The smallest absolute Gasteiger partial charge is 0.353 e. The van der Waals surface area contributed by atoms with Crippen LogP contribution >= 0.6 is 23.1 Å². The first kappa shape index (κ1) is 22.8. The van der Waals surface area contributed by atoms with Gasteiger partial charge in [0.25, 0.3) is 5.69 Å². The number of aliphatic carboxylic acids is 1. The van der Waals surface area contributed by atoms with Crippen LogP contribution < -0.4 is 0 Å². The number of rotatable bonds is 8. The quantitative estimate of drug-likeness (QED) is 0.316. The standard InChI is InChI=1S/C19H16N4O8S2/c1-8(24)13-14-11(6-9-2-4-10(5-3-9)22(28)29)16(15(18(26)27)21(14)17(13)25)33-19-20-7-12(32-19)23(30)31/h2-5,7-8,11,13-14,24H,6H2,1H3,(H,26,27)/t8-,11?,13-,14-/m0/s1. The molecule has 0 aliphatic carbocycles. The Hall–Kier alpha value is -3.36. The predicted molar refractivity (Wildman–Crippen MR) is 115 cm³/mol. The minimum atomic E-state index is -1.34. The summed E-state index contributed by atoms with van der Waals surface area (Å²) in [5.41, 5.74) is 0.333. The average molecular weight is 492 g/mol. The van der Waals surface area contributed by atoms with Crippen LogP contribution in [0.1, 0.15) is 12.5 Å². The number of nitrogens with zero attached hydrogens (tertiary/aromatic N) is 4. The second-order valence-corrected chi connectivity index (χ2v) is 9.84. The van der Waals surface area contributed by atoms with Crippen LogP contribution in [0.2, 0.25) is 0 Å². The zero-order valence-corrected chi connectivity index (χ0v) is 18.5. The maximum atomic E-state index is 12.7. The van der Waals surface area contributed by atoms with Crippen LogP contribution in [-0.2, 0) is 16.0 Å². The Morgan fingerprint density at radius 3 is 2.45 bits per heavy atom. The van der Waals surface area contributed by atoms with E-state index >= 15 is 0 Å². The van der Waals surface area contributed by atoms with Crippen molar-refractivity contribution >= 4 is 45.7 Å². The number of nitro benzene ring substituents is 1. The van der Waals surface area contributed by atoms with Crippen molar-refractivity contribution in [2.75, 3.05) is 0 Å². The number of β-lactam (4-membered cyclic amide) rings is 1. The Balaban J connectivity index is 1.74. The number of carbonyl (C=O) groups excluding carboxylic acids is 1. The van der Waals surface area contributed by atoms with Gasteiger partial charge < -0.3 is 15.1 Å². The maximum Gasteiger partial charge on any atom is 0.353 e. The van der Waals surface area contributed by atoms with E-state index in [1.54, 1.807) is 12.1 Å². The molecule has 2 N–H and O–H groups in total. The topological polar surface area (TPSA) is 177 Å². The Bertz CT molecular complexity index is 1190. The lowest BCUT2D eigenvalue weighted by Gasteiger charge is -2.47. The fraction of sp³-hybridized carbons (Fsp3) is 0.316. The summed E-state index contributed by atoms with van der Waals surface area (Å²) in [5.74, 6) is -3.21. The molecule has 0 spiro atoms. The van der Waals surface area contributed by atoms with Crippen LogP contribution in [0, 0.1) is 32.1 Å². The second-order valence-electron chi connectivity index (χ2n) is 7.54. The molecule has 0 radical (unpaired) electrons. The van der Waals surface area contributed by atoms with Crippen molar-refractivity contribution in [1.29, 1.82) is 0 Å². The van der Waals surface area contributed by atoms with Gasteiger partial charge in [-0.05, 0) is 30.2 Å². The van der Waals surface area contributed by atoms with Crippen LogP contribution in [0.5, 0.6) is 0 Å². The van der Waals surface area contributed by atoms with Gasteiger partial charge in [-0.1, -0.05) is 23.9 Å². The molecule has 1 aromatic heterocycles. The van der Waals surface area contributed by atoms with Gasteiger partial charge >= 0.3 is 11.0 Å². The normalized spacial score (nSPS) is 22.7. The summed E-state index contributed by atoms with van der Waals surface area (Å²) < 4.78 is 0.243. The fourth-order valence-corrected chi connectivity index (χ4v) is 6.30. The fourth-order valence-electron chi connectivity index (χ4n) is 4.19. The van der Waals surface area contributed by atoms with E-state index in [9.17, 15) is 40.0 Å². The number of thioether (sulfide) groups is 1. The van der Waals surface area contributed by atoms with Crippen molar-refractivity contribution < 1.29 is 29.6 Å². The summed E-state index contributed by atoms with van der Waals surface area (Å²) in [7, 11) is 0. The summed E-state index contributed by atoms with van der Waals surface area (Å²) >= 11 is 1.73. The number of non-ortho nitro benzene ring substituents is 1. The predicted octanol–water partition coefficient (Wildman–Crippen LogP) is 2.43. The van der Waals surface area contributed by atoms with E-state index in [-0.39, 0.29) is 27.1 Å². The molecule has 0 saturated carbocycles. The number of fused-ring (bicyclic) bond motifs is 1. The number of amides is 1. The largest absolute Gasteiger partial charge is 0.477 e. The Morgan fingerprint density at radius 2 is 1.94 bits per heavy atom. The molecule has 1 aromatic carbocycles. The number of aliphatic hydroxyl groups excluding tert-OH is 1. The Labute approximate surface area is 193 Å². The summed E-state index contributed by atoms with van der Waals surface area (Å²) in [6.07, 6.45) is 0.299. The number of hydrogen-bond acceptors (Lipinski definition) is 10. The van der Waals surface area contributed by atoms with Gasteiger partial charge in [0.05, 0.1) is 27.9 Å². The summed E-state index contributed by atoms with van der Waals surface area (Å²) in [4.78, 5) is 51.1. The number of thiazole rings is 1. The summed E-state index contributed by atoms with van der Waals surface area (Å²) in [5, 5.41) is 41.8. The number of benzene rings is 1. The molecule has 0 bridgehead atoms. The highest BCUT2D eigenvalue weighted by atomic mass is 32.2. The molecule has 2 aromatic rings. The van der Waals surface area contributed by atoms with Gasteiger partial charge in [-0.2, -0.15) is 0 Å². The van der Waals surface area contributed by atoms with Gasteiger partial charge in [0.2, 0.25) is 5.91 Å². The van der Waals surface area contributed by atoms with Crippen molar-refractivity contribution in [2.24, 2.45) is 11.8 Å². The third kappa shape index (κ3) is 3.96. The van der Waals surface area contributed by atoms with Crippen molar-refractivity contribution in [1.82, 2.24) is 9.88 Å². The van der Waals surface area contributed by atoms with Gasteiger partial charge in [-0.15, -0.1) is 0 Å². The molecule has 1 amide bonds. The van der Waals surface area contributed by atoms with Gasteiger partial charge in [0.15, 0.2) is 4.34 Å². The number of carboxylic acid groups (broad SMARTS) is 1. The van der Waals surface area contributed by atoms with Crippen molar-refractivity contribution in [3.63, 3.8) is 0 Å². The van der Waals surface area contributed by atoms with E-state index in [1.807, 2.05) is 0 Å². The monoisotopic (exact) mass is 492 g/mol. The van der Waals surface area contributed by atoms with E-state index in [0.717, 1.165) is 34.2 Å². The number of aromatic nitrogens is 1. The molecule has 4 atom stereocenters. The highest BCUT2D eigenvalue weighted by molar-refractivity contribution is 8.04. The minimum Gasteiger partial charge on any atom is -0.477 e. The van der Waals surface area contributed by atoms with Crippen LogP contribution in [0.15, 0.2) is 45.4 Å². The number of nitro groups is 2. The zero-order chi connectivity index (χ0) is 24.0. The Morgan fingerprint density at radius 1 is 1.27 bits per heavy atom. The van der Waals surface area contributed by atoms with Crippen LogP contribution in [0.25, 0.3) is 0 Å². The number of hydrogen-bond donors (Lipinski definition) is 2. The number of aliphatic hydroxyl groups is 1. The molecule has 3 heterocycles. The van der Waals surface area contributed by atoms with Gasteiger partial charge in [0.1, 0.15) is 11.9 Å². The molecular weight excluding hydrogens is 476 g/mol. The lowest BCUT2D eigenvalue weighted by Crippen LogP contribution is -2.64. The molecule has 14 heteroatoms. The second kappa shape index (κ2) is 8.53. The molecule has 1 saturated heterocycles. The molecule has 1 unspecified atom stereocenters. The van der Waals surface area contributed by atoms with Crippen molar-refractivity contribution in [3.05, 3.63) is 66.9 Å². The first-order chi connectivity index (χ1) is 15.6. The van der Waals surface area contributed by atoms with Crippen molar-refractivity contribution in [3.8, 4) is 0 Å². The van der Waals surface area contributed by atoms with Gasteiger partial charge in [0, 0.05) is 23.0 Å². The summed E-state index contributed by atoms with van der Waals surface area (Å²) in [6, 6.07) is 5.14. The van der Waals surface area contributed by atoms with E-state index in [0.29, 0.717) is 10.5 Å².